The summed E-state index contributed by atoms with van der Waals surface area (Å²) < 4.78 is 5.16. The average Bonchev–Trinajstić information content (AvgIpc) is 2.48. The number of rotatable bonds is 6. The maximum atomic E-state index is 5.16. The molecule has 0 aliphatic rings. The Hall–Kier alpha value is -1.87. The van der Waals surface area contributed by atoms with Gasteiger partial charge in [-0.05, 0) is 49.2 Å². The fraction of sp³-hybridized carbons (Fsp3) is 0.312. The van der Waals surface area contributed by atoms with E-state index in [9.17, 15) is 0 Å². The van der Waals surface area contributed by atoms with Crippen LogP contribution in [0.1, 0.15) is 24.1 Å². The number of aromatic nitrogens is 1. The summed E-state index contributed by atoms with van der Waals surface area (Å²) in [5.74, 6) is 0.895. The van der Waals surface area contributed by atoms with Gasteiger partial charge in [-0.1, -0.05) is 18.2 Å². The first-order valence-corrected chi connectivity index (χ1v) is 6.56. The second-order valence-electron chi connectivity index (χ2n) is 4.56. The molecule has 0 spiro atoms. The van der Waals surface area contributed by atoms with Crippen LogP contribution in [-0.4, -0.2) is 18.6 Å². The lowest BCUT2D eigenvalue weighted by Gasteiger charge is -2.14. The van der Waals surface area contributed by atoms with Gasteiger partial charge in [0.2, 0.25) is 0 Å². The lowest BCUT2D eigenvalue weighted by molar-refractivity contribution is 0.414. The predicted molar refractivity (Wildman–Crippen MR) is 77.4 cm³/mol. The van der Waals surface area contributed by atoms with Crippen LogP contribution in [0.5, 0.6) is 5.75 Å². The molecule has 0 aliphatic heterocycles. The van der Waals surface area contributed by atoms with Crippen LogP contribution < -0.4 is 10.1 Å². The third-order valence-corrected chi connectivity index (χ3v) is 3.20. The minimum atomic E-state index is 0.336. The summed E-state index contributed by atoms with van der Waals surface area (Å²) in [6.45, 7) is 3.12. The van der Waals surface area contributed by atoms with Crippen molar-refractivity contribution in [3.05, 3.63) is 59.9 Å². The van der Waals surface area contributed by atoms with Gasteiger partial charge in [-0.15, -0.1) is 0 Å². The zero-order valence-corrected chi connectivity index (χ0v) is 11.5. The third kappa shape index (κ3) is 4.07. The van der Waals surface area contributed by atoms with Crippen molar-refractivity contribution < 1.29 is 4.74 Å². The second kappa shape index (κ2) is 6.90. The summed E-state index contributed by atoms with van der Waals surface area (Å²) >= 11 is 0. The molecule has 3 heteroatoms. The van der Waals surface area contributed by atoms with E-state index in [1.54, 1.807) is 13.3 Å². The molecule has 0 saturated heterocycles. The molecule has 2 rings (SSSR count). The van der Waals surface area contributed by atoms with Crippen LogP contribution in [-0.2, 0) is 6.42 Å². The summed E-state index contributed by atoms with van der Waals surface area (Å²) in [6, 6.07) is 12.6. The largest absolute Gasteiger partial charge is 0.497 e. The van der Waals surface area contributed by atoms with Crippen LogP contribution >= 0.6 is 0 Å². The van der Waals surface area contributed by atoms with Crippen LogP contribution in [0.3, 0.4) is 0 Å². The van der Waals surface area contributed by atoms with Crippen LogP contribution in [0, 0.1) is 0 Å². The molecular formula is C16H20N2O. The first kappa shape index (κ1) is 13.6. The number of nitrogens with one attached hydrogen (secondary N) is 1. The van der Waals surface area contributed by atoms with Gasteiger partial charge in [0.05, 0.1) is 7.11 Å². The van der Waals surface area contributed by atoms with E-state index in [1.165, 1.54) is 11.1 Å². The molecule has 1 N–H and O–H groups in total. The number of benzene rings is 1. The number of hydrogen-bond acceptors (Lipinski definition) is 3. The lowest BCUT2D eigenvalue weighted by atomic mass is 10.1. The summed E-state index contributed by atoms with van der Waals surface area (Å²) in [4.78, 5) is 4.12. The fourth-order valence-corrected chi connectivity index (χ4v) is 1.99. The molecule has 1 heterocycles. The van der Waals surface area contributed by atoms with E-state index >= 15 is 0 Å². The molecule has 19 heavy (non-hydrogen) atoms. The first-order valence-electron chi connectivity index (χ1n) is 6.56. The van der Waals surface area contributed by atoms with E-state index in [1.807, 2.05) is 24.4 Å². The smallest absolute Gasteiger partial charge is 0.118 e. The summed E-state index contributed by atoms with van der Waals surface area (Å²) in [7, 11) is 1.69. The van der Waals surface area contributed by atoms with E-state index < -0.39 is 0 Å². The Morgan fingerprint density at radius 3 is 2.63 bits per heavy atom. The van der Waals surface area contributed by atoms with Crippen LogP contribution in [0.25, 0.3) is 0 Å². The molecule has 100 valence electrons. The first-order chi connectivity index (χ1) is 9.29. The quantitative estimate of drug-likeness (QED) is 0.862. The van der Waals surface area contributed by atoms with Crippen LogP contribution in [0.15, 0.2) is 48.8 Å². The van der Waals surface area contributed by atoms with Crippen molar-refractivity contribution in [2.24, 2.45) is 0 Å². The van der Waals surface area contributed by atoms with Crippen molar-refractivity contribution in [3.8, 4) is 5.75 Å². The number of hydrogen-bond donors (Lipinski definition) is 1. The van der Waals surface area contributed by atoms with E-state index in [0.29, 0.717) is 6.04 Å². The number of nitrogens with zero attached hydrogens (tertiary/aromatic N) is 1. The second-order valence-corrected chi connectivity index (χ2v) is 4.56. The van der Waals surface area contributed by atoms with Gasteiger partial charge in [-0.2, -0.15) is 0 Å². The van der Waals surface area contributed by atoms with Gasteiger partial charge in [-0.25, -0.2) is 0 Å². The van der Waals surface area contributed by atoms with Crippen molar-refractivity contribution in [2.75, 3.05) is 13.7 Å². The van der Waals surface area contributed by atoms with E-state index in [-0.39, 0.29) is 0 Å². The van der Waals surface area contributed by atoms with Gasteiger partial charge in [-0.3, -0.25) is 4.98 Å². The monoisotopic (exact) mass is 256 g/mol. The topological polar surface area (TPSA) is 34.1 Å². The number of methoxy groups -OCH3 is 1. The van der Waals surface area contributed by atoms with E-state index in [4.69, 9.17) is 4.74 Å². The molecule has 1 aromatic heterocycles. The van der Waals surface area contributed by atoms with Crippen molar-refractivity contribution in [1.29, 1.82) is 0 Å². The highest BCUT2D eigenvalue weighted by atomic mass is 16.5. The Labute approximate surface area is 114 Å². The molecule has 0 bridgehead atoms. The van der Waals surface area contributed by atoms with Gasteiger partial charge in [0.15, 0.2) is 0 Å². The normalized spacial score (nSPS) is 12.1. The zero-order chi connectivity index (χ0) is 13.5. The molecule has 1 aromatic carbocycles. The molecule has 3 nitrogen and oxygen atoms in total. The van der Waals surface area contributed by atoms with Gasteiger partial charge >= 0.3 is 0 Å². The molecule has 1 atom stereocenters. The van der Waals surface area contributed by atoms with Crippen molar-refractivity contribution >= 4 is 0 Å². The molecule has 2 aromatic rings. The third-order valence-electron chi connectivity index (χ3n) is 3.20. The van der Waals surface area contributed by atoms with E-state index in [0.717, 1.165) is 18.7 Å². The van der Waals surface area contributed by atoms with Crippen molar-refractivity contribution in [3.63, 3.8) is 0 Å². The Bertz CT molecular complexity index is 482. The standard InChI is InChI=1S/C16H20N2O/c1-13(15-5-7-16(19-2)8-6-15)18-11-9-14-4-3-10-17-12-14/h3-8,10,12-13,18H,9,11H2,1-2H3/t13-/m0/s1. The molecular weight excluding hydrogens is 236 g/mol. The zero-order valence-electron chi connectivity index (χ0n) is 11.5. The number of ether oxygens (including phenoxy) is 1. The van der Waals surface area contributed by atoms with Crippen molar-refractivity contribution in [1.82, 2.24) is 10.3 Å². The molecule has 0 aliphatic carbocycles. The molecule has 0 unspecified atom stereocenters. The molecule has 0 amide bonds. The Kier molecular flexibility index (Phi) is 4.93. The minimum Gasteiger partial charge on any atom is -0.497 e. The SMILES string of the molecule is COc1ccc([C@H](C)NCCc2cccnc2)cc1. The summed E-state index contributed by atoms with van der Waals surface area (Å²) in [5, 5.41) is 3.52. The predicted octanol–water partition coefficient (Wildman–Crippen LogP) is 2.98. The summed E-state index contributed by atoms with van der Waals surface area (Å²) in [5.41, 5.74) is 2.53. The Balaban J connectivity index is 1.82. The minimum absolute atomic E-state index is 0.336. The highest BCUT2D eigenvalue weighted by molar-refractivity contribution is 5.28. The molecule has 0 fully saturated rings. The highest BCUT2D eigenvalue weighted by Crippen LogP contribution is 2.17. The van der Waals surface area contributed by atoms with Crippen molar-refractivity contribution in [2.45, 2.75) is 19.4 Å². The lowest BCUT2D eigenvalue weighted by Crippen LogP contribution is -2.21. The maximum Gasteiger partial charge on any atom is 0.118 e. The van der Waals surface area contributed by atoms with Gasteiger partial charge < -0.3 is 10.1 Å². The average molecular weight is 256 g/mol. The Morgan fingerprint density at radius 2 is 2.00 bits per heavy atom. The van der Waals surface area contributed by atoms with Gasteiger partial charge in [0.1, 0.15) is 5.75 Å². The fourth-order valence-electron chi connectivity index (χ4n) is 1.99. The summed E-state index contributed by atoms with van der Waals surface area (Å²) in [6.07, 6.45) is 4.71. The van der Waals surface area contributed by atoms with Crippen LogP contribution in [0.4, 0.5) is 0 Å². The number of pyridine rings is 1. The van der Waals surface area contributed by atoms with Gasteiger partial charge in [0.25, 0.3) is 0 Å². The van der Waals surface area contributed by atoms with E-state index in [2.05, 4.69) is 35.4 Å². The highest BCUT2D eigenvalue weighted by Gasteiger charge is 2.04. The Morgan fingerprint density at radius 1 is 1.21 bits per heavy atom. The van der Waals surface area contributed by atoms with Gasteiger partial charge in [0, 0.05) is 18.4 Å². The molecule has 0 radical (unpaired) electrons. The van der Waals surface area contributed by atoms with Crippen LogP contribution in [0.2, 0.25) is 0 Å². The molecule has 0 saturated carbocycles. The maximum absolute atomic E-state index is 5.16.